The van der Waals surface area contributed by atoms with Crippen LogP contribution in [0.4, 0.5) is 0 Å². The molecule has 0 amide bonds. The Hall–Kier alpha value is -0.930. The van der Waals surface area contributed by atoms with Crippen LogP contribution in [0.1, 0.15) is 60.3 Å². The number of hydrogen-bond donors (Lipinski definition) is 1. The second-order valence-corrected chi connectivity index (χ2v) is 8.39. The van der Waals surface area contributed by atoms with E-state index >= 15 is 0 Å². The van der Waals surface area contributed by atoms with Crippen molar-refractivity contribution in [3.63, 3.8) is 0 Å². The molecule has 3 nitrogen and oxygen atoms in total. The van der Waals surface area contributed by atoms with Crippen molar-refractivity contribution in [1.29, 1.82) is 0 Å². The highest BCUT2D eigenvalue weighted by Gasteiger charge is 2.58. The summed E-state index contributed by atoms with van der Waals surface area (Å²) >= 11 is 0. The number of hydrogen-bond acceptors (Lipinski definition) is 3. The van der Waals surface area contributed by atoms with Gasteiger partial charge < -0.3 is 9.84 Å². The van der Waals surface area contributed by atoms with E-state index < -0.39 is 6.10 Å². The van der Waals surface area contributed by atoms with Gasteiger partial charge in [0.2, 0.25) is 0 Å². The minimum absolute atomic E-state index is 0.0707. The van der Waals surface area contributed by atoms with E-state index in [1.807, 2.05) is 6.92 Å². The number of carbonyl (C=O) groups excluding carboxylic acids is 1. The normalized spacial score (nSPS) is 47.7. The molecule has 1 saturated heterocycles. The van der Waals surface area contributed by atoms with Crippen molar-refractivity contribution in [3.8, 4) is 0 Å². The van der Waals surface area contributed by atoms with Crippen LogP contribution in [0.3, 0.4) is 0 Å². The summed E-state index contributed by atoms with van der Waals surface area (Å²) in [6.07, 6.45) is 7.11. The van der Waals surface area contributed by atoms with Gasteiger partial charge in [-0.3, -0.25) is 4.79 Å². The van der Waals surface area contributed by atoms with Crippen LogP contribution < -0.4 is 0 Å². The summed E-state index contributed by atoms with van der Waals surface area (Å²) in [5.74, 6) is 0.392. The Kier molecular flexibility index (Phi) is 4.09. The fourth-order valence-corrected chi connectivity index (χ4v) is 4.43. The molecule has 3 heteroatoms. The van der Waals surface area contributed by atoms with E-state index in [1.54, 1.807) is 6.08 Å². The minimum atomic E-state index is -0.549. The summed E-state index contributed by atoms with van der Waals surface area (Å²) in [4.78, 5) is 13.0. The van der Waals surface area contributed by atoms with Crippen molar-refractivity contribution in [2.24, 2.45) is 17.3 Å². The second-order valence-electron chi connectivity index (χ2n) is 8.39. The van der Waals surface area contributed by atoms with E-state index in [9.17, 15) is 9.90 Å². The van der Waals surface area contributed by atoms with Gasteiger partial charge in [0.15, 0.2) is 5.78 Å². The van der Waals surface area contributed by atoms with E-state index in [-0.39, 0.29) is 34.7 Å². The highest BCUT2D eigenvalue weighted by Crippen LogP contribution is 2.52. The van der Waals surface area contributed by atoms with Gasteiger partial charge in [-0.05, 0) is 68.4 Å². The number of fused-ring (bicyclic) bond motifs is 3. The Morgan fingerprint density at radius 3 is 2.65 bits per heavy atom. The number of carbonyl (C=O) groups is 1. The highest BCUT2D eigenvalue weighted by atomic mass is 16.6. The first-order valence-corrected chi connectivity index (χ1v) is 8.96. The van der Waals surface area contributed by atoms with E-state index in [2.05, 4.69) is 33.8 Å². The Morgan fingerprint density at radius 1 is 1.26 bits per heavy atom. The van der Waals surface area contributed by atoms with Gasteiger partial charge in [0, 0.05) is 0 Å². The molecule has 1 fully saturated rings. The van der Waals surface area contributed by atoms with Gasteiger partial charge in [0.05, 0.1) is 6.10 Å². The van der Waals surface area contributed by atoms with Gasteiger partial charge in [0.25, 0.3) is 0 Å². The van der Waals surface area contributed by atoms with Crippen LogP contribution in [0, 0.1) is 17.3 Å². The lowest BCUT2D eigenvalue weighted by atomic mass is 9.58. The van der Waals surface area contributed by atoms with Crippen LogP contribution in [0.15, 0.2) is 23.3 Å². The summed E-state index contributed by atoms with van der Waals surface area (Å²) in [6, 6.07) is 0. The molecule has 2 aliphatic carbocycles. The van der Waals surface area contributed by atoms with Crippen molar-refractivity contribution in [3.05, 3.63) is 23.3 Å². The first kappa shape index (κ1) is 16.9. The molecule has 3 aliphatic rings. The monoisotopic (exact) mass is 318 g/mol. The highest BCUT2D eigenvalue weighted by molar-refractivity contribution is 6.02. The van der Waals surface area contributed by atoms with E-state index in [0.29, 0.717) is 0 Å². The SMILES string of the molecule is CC1=CCCC2(C)OC2C(=O)C2=CC(O)C(C)C(C)(CC1)C2C. The van der Waals surface area contributed by atoms with Crippen LogP contribution in [0.25, 0.3) is 0 Å². The van der Waals surface area contributed by atoms with Crippen molar-refractivity contribution in [1.82, 2.24) is 0 Å². The molecule has 1 aliphatic heterocycles. The van der Waals surface area contributed by atoms with Crippen LogP contribution in [-0.2, 0) is 9.53 Å². The lowest BCUT2D eigenvalue weighted by Gasteiger charge is -2.47. The van der Waals surface area contributed by atoms with Crippen molar-refractivity contribution >= 4 is 5.78 Å². The molecule has 2 bridgehead atoms. The first-order valence-electron chi connectivity index (χ1n) is 8.96. The van der Waals surface area contributed by atoms with Crippen molar-refractivity contribution in [2.45, 2.75) is 78.1 Å². The standard InChI is InChI=1S/C20H30O3/c1-12-7-6-9-20(5)18(23-20)17(22)15-11-16(21)14(3)19(4,10-8-12)13(15)2/h7,11,13-14,16,18,21H,6,8-10H2,1-5H3. The Morgan fingerprint density at radius 2 is 1.96 bits per heavy atom. The fraction of sp³-hybridized carbons (Fsp3) is 0.750. The molecule has 128 valence electrons. The smallest absolute Gasteiger partial charge is 0.190 e. The summed E-state index contributed by atoms with van der Waals surface area (Å²) in [5.41, 5.74) is 1.80. The molecule has 0 spiro atoms. The van der Waals surface area contributed by atoms with Crippen molar-refractivity contribution < 1.29 is 14.6 Å². The fourth-order valence-electron chi connectivity index (χ4n) is 4.43. The number of ether oxygens (including phenoxy) is 1. The quantitative estimate of drug-likeness (QED) is 0.546. The molecule has 0 aromatic carbocycles. The summed E-state index contributed by atoms with van der Waals surface area (Å²) in [5, 5.41) is 10.5. The molecule has 1 N–H and O–H groups in total. The minimum Gasteiger partial charge on any atom is -0.389 e. The first-order chi connectivity index (χ1) is 10.7. The maximum atomic E-state index is 13.0. The summed E-state index contributed by atoms with van der Waals surface area (Å²) in [7, 11) is 0. The zero-order valence-electron chi connectivity index (χ0n) is 15.1. The van der Waals surface area contributed by atoms with Gasteiger partial charge in [-0.1, -0.05) is 32.4 Å². The maximum Gasteiger partial charge on any atom is 0.190 e. The number of aliphatic hydroxyl groups excluding tert-OH is 1. The Balaban J connectivity index is 2.01. The average Bonchev–Trinajstić information content (AvgIpc) is 3.17. The van der Waals surface area contributed by atoms with Gasteiger partial charge in [0.1, 0.15) is 11.7 Å². The zero-order chi connectivity index (χ0) is 17.0. The number of epoxide rings is 1. The average molecular weight is 318 g/mol. The molecule has 0 aromatic rings. The van der Waals surface area contributed by atoms with Gasteiger partial charge in [-0.25, -0.2) is 0 Å². The second kappa shape index (κ2) is 5.56. The third-order valence-corrected chi connectivity index (χ3v) is 6.96. The topological polar surface area (TPSA) is 49.8 Å². The molecule has 3 rings (SSSR count). The van der Waals surface area contributed by atoms with Gasteiger partial charge >= 0.3 is 0 Å². The molecule has 0 saturated carbocycles. The van der Waals surface area contributed by atoms with Gasteiger partial charge in [-0.15, -0.1) is 0 Å². The lowest BCUT2D eigenvalue weighted by Crippen LogP contribution is -2.45. The molecule has 6 atom stereocenters. The van der Waals surface area contributed by atoms with Crippen molar-refractivity contribution in [2.75, 3.05) is 0 Å². The van der Waals surface area contributed by atoms with Gasteiger partial charge in [-0.2, -0.15) is 0 Å². The Labute approximate surface area is 139 Å². The van der Waals surface area contributed by atoms with Crippen LogP contribution >= 0.6 is 0 Å². The number of allylic oxidation sites excluding steroid dienone is 2. The number of rotatable bonds is 0. The summed E-state index contributed by atoms with van der Waals surface area (Å²) < 4.78 is 5.80. The maximum absolute atomic E-state index is 13.0. The lowest BCUT2D eigenvalue weighted by molar-refractivity contribution is -0.118. The van der Waals surface area contributed by atoms with Crippen LogP contribution in [0.5, 0.6) is 0 Å². The number of aliphatic hydroxyl groups is 1. The van der Waals surface area contributed by atoms with Crippen LogP contribution in [0.2, 0.25) is 0 Å². The molecule has 1 heterocycles. The summed E-state index contributed by atoms with van der Waals surface area (Å²) in [6.45, 7) is 10.7. The Bertz CT molecular complexity index is 575. The molecule has 0 radical (unpaired) electrons. The zero-order valence-corrected chi connectivity index (χ0v) is 15.1. The van der Waals surface area contributed by atoms with Crippen LogP contribution in [-0.4, -0.2) is 28.7 Å². The molecular formula is C20H30O3. The predicted octanol–water partition coefficient (Wildman–Crippen LogP) is 3.81. The molecule has 23 heavy (non-hydrogen) atoms. The largest absolute Gasteiger partial charge is 0.389 e. The molecule has 6 unspecified atom stereocenters. The number of Topliss-reactive ketones (excluding diaryl/α,β-unsaturated/α-hetero) is 1. The molecular weight excluding hydrogens is 288 g/mol. The van der Waals surface area contributed by atoms with E-state index in [4.69, 9.17) is 4.74 Å². The predicted molar refractivity (Wildman–Crippen MR) is 91.0 cm³/mol. The number of ketones is 1. The molecule has 0 aromatic heterocycles. The third kappa shape index (κ3) is 2.72. The third-order valence-electron chi connectivity index (χ3n) is 6.96. The van der Waals surface area contributed by atoms with E-state index in [1.165, 1.54) is 5.57 Å². The van der Waals surface area contributed by atoms with E-state index in [0.717, 1.165) is 31.3 Å².